The molecule has 1 aromatic carbocycles. The molecule has 98 valence electrons. The largest absolute Gasteiger partial charge is 0.419 e. The lowest BCUT2D eigenvalue weighted by Crippen LogP contribution is -2.08. The van der Waals surface area contributed by atoms with E-state index in [2.05, 4.69) is 13.0 Å². The predicted molar refractivity (Wildman–Crippen MR) is 78.2 cm³/mol. The number of hydrogen-bond acceptors (Lipinski definition) is 3. The van der Waals surface area contributed by atoms with Crippen molar-refractivity contribution in [1.82, 2.24) is 4.57 Å². The van der Waals surface area contributed by atoms with Crippen LogP contribution in [0.15, 0.2) is 39.5 Å². The molecule has 2 heterocycles. The summed E-state index contributed by atoms with van der Waals surface area (Å²) in [6, 6.07) is 9.72. The molecule has 5 heteroatoms. The van der Waals surface area contributed by atoms with Gasteiger partial charge in [-0.15, -0.1) is 22.9 Å². The zero-order valence-electron chi connectivity index (χ0n) is 10.5. The summed E-state index contributed by atoms with van der Waals surface area (Å²) in [6.45, 7) is 2.05. The number of aromatic nitrogens is 1. The Bertz CT molecular complexity index is 799. The molecular formula is C14H12ClNO2S. The van der Waals surface area contributed by atoms with Gasteiger partial charge in [-0.25, -0.2) is 4.79 Å². The van der Waals surface area contributed by atoms with E-state index < -0.39 is 0 Å². The SMILES string of the molecule is Cc1ccc(C(Cl)c2ccc3c(c2)oc(=O)n3C)s1. The van der Waals surface area contributed by atoms with E-state index in [0.717, 1.165) is 16.0 Å². The Morgan fingerprint density at radius 1 is 1.32 bits per heavy atom. The number of halogens is 1. The molecule has 0 aliphatic rings. The van der Waals surface area contributed by atoms with Crippen molar-refractivity contribution < 1.29 is 4.42 Å². The van der Waals surface area contributed by atoms with Crippen molar-refractivity contribution in [2.45, 2.75) is 12.3 Å². The topological polar surface area (TPSA) is 35.1 Å². The van der Waals surface area contributed by atoms with E-state index in [0.29, 0.717) is 5.58 Å². The summed E-state index contributed by atoms with van der Waals surface area (Å²) in [4.78, 5) is 13.8. The van der Waals surface area contributed by atoms with Gasteiger partial charge in [0, 0.05) is 16.8 Å². The molecule has 0 saturated heterocycles. The average molecular weight is 294 g/mol. The van der Waals surface area contributed by atoms with Gasteiger partial charge in [-0.3, -0.25) is 4.57 Å². The highest BCUT2D eigenvalue weighted by molar-refractivity contribution is 7.12. The summed E-state index contributed by atoms with van der Waals surface area (Å²) >= 11 is 8.15. The van der Waals surface area contributed by atoms with Crippen LogP contribution in [0.5, 0.6) is 0 Å². The van der Waals surface area contributed by atoms with Crippen molar-refractivity contribution in [1.29, 1.82) is 0 Å². The fraction of sp³-hybridized carbons (Fsp3) is 0.214. The highest BCUT2D eigenvalue weighted by atomic mass is 35.5. The number of nitrogens with zero attached hydrogens (tertiary/aromatic N) is 1. The van der Waals surface area contributed by atoms with Crippen molar-refractivity contribution in [3.63, 3.8) is 0 Å². The van der Waals surface area contributed by atoms with Crippen molar-refractivity contribution in [3.05, 3.63) is 56.2 Å². The molecule has 0 aliphatic heterocycles. The van der Waals surface area contributed by atoms with Gasteiger partial charge in [0.15, 0.2) is 5.58 Å². The summed E-state index contributed by atoms with van der Waals surface area (Å²) in [5.41, 5.74) is 2.29. The van der Waals surface area contributed by atoms with E-state index in [9.17, 15) is 4.79 Å². The number of benzene rings is 1. The fourth-order valence-electron chi connectivity index (χ4n) is 2.06. The summed E-state index contributed by atoms with van der Waals surface area (Å²) < 4.78 is 6.67. The lowest BCUT2D eigenvalue weighted by Gasteiger charge is -2.07. The standard InChI is InChI=1S/C14H12ClNO2S/c1-8-3-6-12(19-8)13(15)9-4-5-10-11(7-9)18-14(17)16(10)2/h3-7,13H,1-2H3. The third-order valence-electron chi connectivity index (χ3n) is 3.12. The van der Waals surface area contributed by atoms with E-state index >= 15 is 0 Å². The number of thiophene rings is 1. The Morgan fingerprint density at radius 2 is 2.11 bits per heavy atom. The third kappa shape index (κ3) is 2.11. The molecule has 0 spiro atoms. The molecule has 2 aromatic heterocycles. The number of alkyl halides is 1. The van der Waals surface area contributed by atoms with Crippen molar-refractivity contribution in [2.24, 2.45) is 7.05 Å². The zero-order chi connectivity index (χ0) is 13.6. The molecule has 0 saturated carbocycles. The van der Waals surface area contributed by atoms with Crippen LogP contribution in [0.1, 0.15) is 20.7 Å². The molecule has 0 N–H and O–H groups in total. The van der Waals surface area contributed by atoms with Crippen molar-refractivity contribution in [2.75, 3.05) is 0 Å². The number of hydrogen-bond donors (Lipinski definition) is 0. The van der Waals surface area contributed by atoms with Gasteiger partial charge in [0.25, 0.3) is 0 Å². The van der Waals surface area contributed by atoms with Crippen LogP contribution in [-0.2, 0) is 7.05 Å². The molecule has 3 nitrogen and oxygen atoms in total. The molecule has 0 bridgehead atoms. The zero-order valence-corrected chi connectivity index (χ0v) is 12.1. The first-order valence-corrected chi connectivity index (χ1v) is 7.11. The van der Waals surface area contributed by atoms with Gasteiger partial charge in [-0.05, 0) is 36.8 Å². The Labute approximate surface area is 119 Å². The molecule has 0 radical (unpaired) electrons. The lowest BCUT2D eigenvalue weighted by molar-refractivity contribution is 0.528. The molecule has 3 rings (SSSR count). The third-order valence-corrected chi connectivity index (χ3v) is 4.80. The monoisotopic (exact) mass is 293 g/mol. The molecule has 0 fully saturated rings. The predicted octanol–water partition coefficient (Wildman–Crippen LogP) is 3.83. The van der Waals surface area contributed by atoms with Gasteiger partial charge in [-0.2, -0.15) is 0 Å². The van der Waals surface area contributed by atoms with E-state index in [1.165, 1.54) is 9.44 Å². The smallest absolute Gasteiger partial charge is 0.408 e. The van der Waals surface area contributed by atoms with Crippen LogP contribution in [-0.4, -0.2) is 4.57 Å². The van der Waals surface area contributed by atoms with Crippen molar-refractivity contribution in [3.8, 4) is 0 Å². The normalized spacial score (nSPS) is 13.0. The second-order valence-corrected chi connectivity index (χ2v) is 6.22. The highest BCUT2D eigenvalue weighted by Gasteiger charge is 2.15. The first-order valence-electron chi connectivity index (χ1n) is 5.86. The average Bonchev–Trinajstić information content (AvgIpc) is 2.94. The minimum absolute atomic E-state index is 0.214. The van der Waals surface area contributed by atoms with Gasteiger partial charge in [0.05, 0.1) is 10.9 Å². The summed E-state index contributed by atoms with van der Waals surface area (Å²) in [5, 5.41) is -0.214. The van der Waals surface area contributed by atoms with E-state index in [4.69, 9.17) is 16.0 Å². The van der Waals surface area contributed by atoms with E-state index in [-0.39, 0.29) is 11.1 Å². The van der Waals surface area contributed by atoms with Crippen LogP contribution < -0.4 is 5.76 Å². The van der Waals surface area contributed by atoms with Gasteiger partial charge >= 0.3 is 5.76 Å². The minimum Gasteiger partial charge on any atom is -0.408 e. The number of fused-ring (bicyclic) bond motifs is 1. The van der Waals surface area contributed by atoms with Crippen LogP contribution in [0.3, 0.4) is 0 Å². The summed E-state index contributed by atoms with van der Waals surface area (Å²) in [5.74, 6) is -0.356. The Balaban J connectivity index is 2.08. The lowest BCUT2D eigenvalue weighted by atomic mass is 10.1. The fourth-order valence-corrected chi connectivity index (χ4v) is 3.29. The van der Waals surface area contributed by atoms with Crippen LogP contribution in [0.2, 0.25) is 0 Å². The van der Waals surface area contributed by atoms with E-state index in [1.807, 2.05) is 24.3 Å². The van der Waals surface area contributed by atoms with Gasteiger partial charge in [-0.1, -0.05) is 6.07 Å². The molecule has 3 aromatic rings. The highest BCUT2D eigenvalue weighted by Crippen LogP contribution is 2.34. The quantitative estimate of drug-likeness (QED) is 0.673. The maximum absolute atomic E-state index is 11.5. The van der Waals surface area contributed by atoms with Crippen LogP contribution >= 0.6 is 22.9 Å². The molecule has 1 unspecified atom stereocenters. The van der Waals surface area contributed by atoms with Crippen LogP contribution in [0.4, 0.5) is 0 Å². The molecule has 0 amide bonds. The van der Waals surface area contributed by atoms with Crippen LogP contribution in [0, 0.1) is 6.92 Å². The molecule has 1 atom stereocenters. The van der Waals surface area contributed by atoms with Gasteiger partial charge in [0.1, 0.15) is 0 Å². The Kier molecular flexibility index (Phi) is 2.99. The first kappa shape index (κ1) is 12.5. The Morgan fingerprint density at radius 3 is 2.79 bits per heavy atom. The molecule has 19 heavy (non-hydrogen) atoms. The number of rotatable bonds is 2. The van der Waals surface area contributed by atoms with Gasteiger partial charge in [0.2, 0.25) is 0 Å². The maximum Gasteiger partial charge on any atom is 0.419 e. The van der Waals surface area contributed by atoms with Crippen molar-refractivity contribution >= 4 is 34.0 Å². The minimum atomic E-state index is -0.356. The number of oxazole rings is 1. The van der Waals surface area contributed by atoms with E-state index in [1.54, 1.807) is 18.4 Å². The maximum atomic E-state index is 11.5. The Hall–Kier alpha value is -1.52. The summed E-state index contributed by atoms with van der Waals surface area (Å²) in [6.07, 6.45) is 0. The second kappa shape index (κ2) is 4.54. The summed E-state index contributed by atoms with van der Waals surface area (Å²) in [7, 11) is 1.69. The molecular weight excluding hydrogens is 282 g/mol. The van der Waals surface area contributed by atoms with Crippen LogP contribution in [0.25, 0.3) is 11.1 Å². The molecule has 0 aliphatic carbocycles. The first-order chi connectivity index (χ1) is 9.06. The second-order valence-electron chi connectivity index (χ2n) is 4.47. The number of aryl methyl sites for hydroxylation is 2. The van der Waals surface area contributed by atoms with Gasteiger partial charge < -0.3 is 4.42 Å².